The second-order valence-corrected chi connectivity index (χ2v) is 9.83. The summed E-state index contributed by atoms with van der Waals surface area (Å²) in [5, 5.41) is 10.3. The third-order valence-electron chi connectivity index (χ3n) is 6.68. The molecule has 34 heavy (non-hydrogen) atoms. The number of amides is 1. The Bertz CT molecular complexity index is 1210. The highest BCUT2D eigenvalue weighted by atomic mass is 16.6. The molecule has 1 aliphatic heterocycles. The fourth-order valence-corrected chi connectivity index (χ4v) is 4.43. The van der Waals surface area contributed by atoms with Crippen molar-refractivity contribution < 1.29 is 14.6 Å². The van der Waals surface area contributed by atoms with E-state index < -0.39 is 11.2 Å². The summed E-state index contributed by atoms with van der Waals surface area (Å²) in [5.41, 5.74) is 1.99. The van der Waals surface area contributed by atoms with Crippen LogP contribution in [0, 0.1) is 0 Å². The zero-order chi connectivity index (χ0) is 24.5. The number of nitrogens with zero attached hydrogens (tertiary/aromatic N) is 2. The Morgan fingerprint density at radius 3 is 2.32 bits per heavy atom. The molecule has 3 aromatic rings. The van der Waals surface area contributed by atoms with Crippen LogP contribution in [-0.4, -0.2) is 32.8 Å². The van der Waals surface area contributed by atoms with Gasteiger partial charge in [0, 0.05) is 19.3 Å². The lowest BCUT2D eigenvalue weighted by Gasteiger charge is -2.31. The SMILES string of the molecule is CC(c1ccc(-c2ccn(C)c(=O)c2)cc1)N1CC(CCC(C)(C)O)(c2ccccc2)OC1=O. The van der Waals surface area contributed by atoms with Crippen molar-refractivity contribution in [2.24, 2.45) is 7.05 Å². The first-order valence-electron chi connectivity index (χ1n) is 11.6. The molecule has 1 saturated heterocycles. The second-order valence-electron chi connectivity index (χ2n) is 9.83. The number of pyridine rings is 1. The highest BCUT2D eigenvalue weighted by Crippen LogP contribution is 2.42. The topological polar surface area (TPSA) is 71.8 Å². The van der Waals surface area contributed by atoms with Gasteiger partial charge in [0.25, 0.3) is 5.56 Å². The van der Waals surface area contributed by atoms with Gasteiger partial charge in [-0.1, -0.05) is 54.6 Å². The Morgan fingerprint density at radius 1 is 1.03 bits per heavy atom. The monoisotopic (exact) mass is 460 g/mol. The van der Waals surface area contributed by atoms with E-state index in [1.165, 1.54) is 4.57 Å². The number of carbonyl (C=O) groups excluding carboxylic acids is 1. The van der Waals surface area contributed by atoms with Crippen LogP contribution in [0.2, 0.25) is 0 Å². The zero-order valence-corrected chi connectivity index (χ0v) is 20.2. The van der Waals surface area contributed by atoms with Crippen LogP contribution >= 0.6 is 0 Å². The van der Waals surface area contributed by atoms with E-state index in [4.69, 9.17) is 4.74 Å². The summed E-state index contributed by atoms with van der Waals surface area (Å²) in [4.78, 5) is 26.8. The molecule has 2 atom stereocenters. The van der Waals surface area contributed by atoms with Gasteiger partial charge in [0.15, 0.2) is 5.60 Å². The fourth-order valence-electron chi connectivity index (χ4n) is 4.43. The van der Waals surface area contributed by atoms with Crippen molar-refractivity contribution in [1.82, 2.24) is 9.47 Å². The third kappa shape index (κ3) is 4.92. The van der Waals surface area contributed by atoms with Gasteiger partial charge in [-0.15, -0.1) is 0 Å². The summed E-state index contributed by atoms with van der Waals surface area (Å²) >= 11 is 0. The molecule has 1 N–H and O–H groups in total. The van der Waals surface area contributed by atoms with Gasteiger partial charge in [0.2, 0.25) is 0 Å². The smallest absolute Gasteiger partial charge is 0.411 e. The fraction of sp³-hybridized carbons (Fsp3) is 0.357. The van der Waals surface area contributed by atoms with Crippen LogP contribution in [0.15, 0.2) is 77.7 Å². The highest BCUT2D eigenvalue weighted by Gasteiger charge is 2.48. The van der Waals surface area contributed by atoms with Crippen LogP contribution in [0.25, 0.3) is 11.1 Å². The minimum absolute atomic E-state index is 0.0573. The van der Waals surface area contributed by atoms with E-state index in [1.54, 1.807) is 38.1 Å². The number of hydrogen-bond acceptors (Lipinski definition) is 4. The van der Waals surface area contributed by atoms with Gasteiger partial charge in [0.1, 0.15) is 0 Å². The first kappa shape index (κ1) is 23.8. The summed E-state index contributed by atoms with van der Waals surface area (Å²) in [6.45, 7) is 5.94. The zero-order valence-electron chi connectivity index (χ0n) is 20.2. The summed E-state index contributed by atoms with van der Waals surface area (Å²) < 4.78 is 7.58. The lowest BCUT2D eigenvalue weighted by molar-refractivity contribution is 0.00728. The maximum atomic E-state index is 13.1. The van der Waals surface area contributed by atoms with Crippen LogP contribution in [0.3, 0.4) is 0 Å². The number of benzene rings is 2. The van der Waals surface area contributed by atoms with Gasteiger partial charge >= 0.3 is 6.09 Å². The molecule has 2 heterocycles. The van der Waals surface area contributed by atoms with Crippen LogP contribution in [0.5, 0.6) is 0 Å². The van der Waals surface area contributed by atoms with E-state index in [-0.39, 0.29) is 17.7 Å². The summed E-state index contributed by atoms with van der Waals surface area (Å²) in [5.74, 6) is 0. The van der Waals surface area contributed by atoms with Gasteiger partial charge in [-0.3, -0.25) is 9.69 Å². The van der Waals surface area contributed by atoms with Gasteiger partial charge in [-0.05, 0) is 61.9 Å². The number of rotatable bonds is 7. The van der Waals surface area contributed by atoms with Crippen LogP contribution in [0.4, 0.5) is 4.79 Å². The van der Waals surface area contributed by atoms with Crippen LogP contribution in [0.1, 0.15) is 50.8 Å². The molecule has 0 bridgehead atoms. The first-order valence-corrected chi connectivity index (χ1v) is 11.6. The molecule has 1 fully saturated rings. The van der Waals surface area contributed by atoms with Gasteiger partial charge in [0.05, 0.1) is 18.2 Å². The Kier molecular flexibility index (Phi) is 6.36. The minimum Gasteiger partial charge on any atom is -0.436 e. The second kappa shape index (κ2) is 9.11. The molecular formula is C28H32N2O4. The minimum atomic E-state index is -0.860. The molecule has 2 unspecified atom stereocenters. The third-order valence-corrected chi connectivity index (χ3v) is 6.68. The summed E-state index contributed by atoms with van der Waals surface area (Å²) in [6.07, 6.45) is 2.42. The Morgan fingerprint density at radius 2 is 1.71 bits per heavy atom. The summed E-state index contributed by atoms with van der Waals surface area (Å²) in [6, 6.07) is 21.0. The van der Waals surface area contributed by atoms with Crippen molar-refractivity contribution in [3.8, 4) is 11.1 Å². The molecule has 1 amide bonds. The molecule has 1 aliphatic rings. The molecule has 0 aliphatic carbocycles. The van der Waals surface area contributed by atoms with E-state index in [9.17, 15) is 14.7 Å². The number of cyclic esters (lactones) is 1. The molecule has 0 spiro atoms. The lowest BCUT2D eigenvalue weighted by atomic mass is 9.85. The maximum absolute atomic E-state index is 13.1. The summed E-state index contributed by atoms with van der Waals surface area (Å²) in [7, 11) is 1.73. The molecule has 0 radical (unpaired) electrons. The van der Waals surface area contributed by atoms with E-state index in [2.05, 4.69) is 0 Å². The van der Waals surface area contributed by atoms with Crippen LogP contribution < -0.4 is 5.56 Å². The van der Waals surface area contributed by atoms with Crippen LogP contribution in [-0.2, 0) is 17.4 Å². The van der Waals surface area contributed by atoms with Crippen molar-refractivity contribution in [3.05, 3.63) is 94.4 Å². The molecule has 0 saturated carbocycles. The molecule has 6 nitrogen and oxygen atoms in total. The largest absolute Gasteiger partial charge is 0.436 e. The molecule has 178 valence electrons. The van der Waals surface area contributed by atoms with Gasteiger partial charge in [-0.2, -0.15) is 0 Å². The Balaban J connectivity index is 1.58. The van der Waals surface area contributed by atoms with Crippen molar-refractivity contribution in [3.63, 3.8) is 0 Å². The van der Waals surface area contributed by atoms with Crippen molar-refractivity contribution in [2.45, 2.75) is 50.9 Å². The quantitative estimate of drug-likeness (QED) is 0.538. The first-order chi connectivity index (χ1) is 16.1. The molecule has 2 aromatic carbocycles. The number of carbonyl (C=O) groups is 1. The number of hydrogen-bond donors (Lipinski definition) is 1. The van der Waals surface area contributed by atoms with Crippen molar-refractivity contribution in [1.29, 1.82) is 0 Å². The molecule has 6 heteroatoms. The molecular weight excluding hydrogens is 428 g/mol. The van der Waals surface area contributed by atoms with Gasteiger partial charge < -0.3 is 14.4 Å². The Labute approximate surface area is 200 Å². The number of aryl methyl sites for hydroxylation is 1. The predicted octanol–water partition coefficient (Wildman–Crippen LogP) is 5.01. The molecule has 4 rings (SSSR count). The average Bonchev–Trinajstić information content (AvgIpc) is 3.17. The van der Waals surface area contributed by atoms with E-state index in [0.29, 0.717) is 19.4 Å². The average molecular weight is 461 g/mol. The van der Waals surface area contributed by atoms with Crippen molar-refractivity contribution >= 4 is 6.09 Å². The normalized spacial score (nSPS) is 19.2. The molecule has 1 aromatic heterocycles. The van der Waals surface area contributed by atoms with Gasteiger partial charge in [-0.25, -0.2) is 4.79 Å². The lowest BCUT2D eigenvalue weighted by Crippen LogP contribution is -2.35. The number of ether oxygens (including phenoxy) is 1. The van der Waals surface area contributed by atoms with Crippen molar-refractivity contribution in [2.75, 3.05) is 6.54 Å². The van der Waals surface area contributed by atoms with E-state index in [1.807, 2.05) is 67.6 Å². The standard InChI is InChI=1S/C28H32N2O4/c1-20(21-10-12-22(13-11-21)23-14-17-29(4)25(31)18-23)30-19-28(34-26(30)32,16-15-27(2,3)33)24-8-6-5-7-9-24/h5-14,17-18,20,33H,15-16,19H2,1-4H3. The highest BCUT2D eigenvalue weighted by molar-refractivity contribution is 5.72. The number of aromatic nitrogens is 1. The predicted molar refractivity (Wildman–Crippen MR) is 132 cm³/mol. The van der Waals surface area contributed by atoms with E-state index in [0.717, 1.165) is 22.3 Å². The maximum Gasteiger partial charge on any atom is 0.411 e. The Hall–Kier alpha value is -3.38. The van der Waals surface area contributed by atoms with E-state index >= 15 is 0 Å². The number of aliphatic hydroxyl groups is 1.